The van der Waals surface area contributed by atoms with Gasteiger partial charge in [-0.3, -0.25) is 4.99 Å². The summed E-state index contributed by atoms with van der Waals surface area (Å²) in [5, 5.41) is 5.49. The Morgan fingerprint density at radius 3 is 2.47 bits per heavy atom. The zero-order valence-corrected chi connectivity index (χ0v) is 13.2. The van der Waals surface area contributed by atoms with Crippen LogP contribution in [0, 0.1) is 0 Å². The minimum atomic E-state index is 0.555. The van der Waals surface area contributed by atoms with Crippen LogP contribution in [0.5, 0.6) is 0 Å². The first-order chi connectivity index (χ1) is 9.11. The maximum atomic E-state index is 5.05. The number of hydrogen-bond acceptors (Lipinski definition) is 3. The highest BCUT2D eigenvalue weighted by Gasteiger charge is 2.36. The lowest BCUT2D eigenvalue weighted by Gasteiger charge is -2.46. The second-order valence-corrected chi connectivity index (χ2v) is 8.10. The molecule has 0 amide bonds. The van der Waals surface area contributed by atoms with Gasteiger partial charge in [-0.15, -0.1) is 0 Å². The molecule has 0 saturated carbocycles. The second-order valence-electron chi connectivity index (χ2n) is 6.67. The summed E-state index contributed by atoms with van der Waals surface area (Å²) in [7, 11) is 2.32. The molecular formula is C15H27N3S. The molecule has 3 aliphatic rings. The molecule has 3 aliphatic heterocycles. The summed E-state index contributed by atoms with van der Waals surface area (Å²) in [4.78, 5) is 7.67. The van der Waals surface area contributed by atoms with Crippen molar-refractivity contribution in [1.29, 1.82) is 0 Å². The molecule has 3 heterocycles. The third-order valence-electron chi connectivity index (χ3n) is 4.98. The van der Waals surface area contributed by atoms with E-state index in [9.17, 15) is 0 Å². The van der Waals surface area contributed by atoms with Crippen LogP contribution in [0.15, 0.2) is 4.99 Å². The van der Waals surface area contributed by atoms with Crippen molar-refractivity contribution in [2.24, 2.45) is 4.99 Å². The first-order valence-electron chi connectivity index (χ1n) is 7.84. The van der Waals surface area contributed by atoms with Crippen molar-refractivity contribution < 1.29 is 0 Å². The summed E-state index contributed by atoms with van der Waals surface area (Å²) in [6.45, 7) is 4.59. The molecule has 19 heavy (non-hydrogen) atoms. The number of thioether (sulfide) groups is 1. The van der Waals surface area contributed by atoms with Gasteiger partial charge in [0.25, 0.3) is 0 Å². The summed E-state index contributed by atoms with van der Waals surface area (Å²) in [6, 6.07) is 2.70. The van der Waals surface area contributed by atoms with Crippen molar-refractivity contribution in [2.45, 2.75) is 81.8 Å². The van der Waals surface area contributed by atoms with Crippen LogP contribution in [-0.4, -0.2) is 46.5 Å². The monoisotopic (exact) mass is 281 g/mol. The van der Waals surface area contributed by atoms with Gasteiger partial charge in [0, 0.05) is 23.4 Å². The Hall–Kier alpha value is -0.220. The van der Waals surface area contributed by atoms with Crippen molar-refractivity contribution in [3.05, 3.63) is 0 Å². The minimum absolute atomic E-state index is 0.555. The zero-order valence-electron chi connectivity index (χ0n) is 12.4. The molecule has 2 bridgehead atoms. The molecule has 4 atom stereocenters. The standard InChI is InChI=1S/C15H27N3S/c1-10-7-11(2)19-15(16-10)17-12-8-13-5-4-6-14(9-12)18(13)3/h10-14H,4-9H2,1-3H3,(H,16,17). The number of rotatable bonds is 1. The van der Waals surface area contributed by atoms with E-state index in [2.05, 4.69) is 31.1 Å². The molecule has 0 aromatic heterocycles. The fraction of sp³-hybridized carbons (Fsp3) is 0.933. The highest BCUT2D eigenvalue weighted by Crippen LogP contribution is 2.34. The van der Waals surface area contributed by atoms with Crippen LogP contribution in [0.1, 0.15) is 52.4 Å². The summed E-state index contributed by atoms with van der Waals surface area (Å²) in [5.41, 5.74) is 0. The number of hydrogen-bond donors (Lipinski definition) is 1. The Bertz CT molecular complexity index is 331. The number of nitrogens with one attached hydrogen (secondary N) is 1. The number of piperidine rings is 2. The van der Waals surface area contributed by atoms with E-state index in [0.29, 0.717) is 17.3 Å². The van der Waals surface area contributed by atoms with E-state index in [-0.39, 0.29) is 0 Å². The fourth-order valence-electron chi connectivity index (χ4n) is 3.97. The molecule has 3 fully saturated rings. The Labute approximate surface area is 121 Å². The van der Waals surface area contributed by atoms with Gasteiger partial charge in [0.15, 0.2) is 5.17 Å². The summed E-state index contributed by atoms with van der Waals surface area (Å²) >= 11 is 1.94. The average Bonchev–Trinajstić information content (AvgIpc) is 2.29. The molecule has 4 unspecified atom stereocenters. The Morgan fingerprint density at radius 2 is 1.84 bits per heavy atom. The smallest absolute Gasteiger partial charge is 0.157 e. The molecule has 0 spiro atoms. The van der Waals surface area contributed by atoms with Gasteiger partial charge in [0.2, 0.25) is 0 Å². The third kappa shape index (κ3) is 3.10. The maximum Gasteiger partial charge on any atom is 0.157 e. The first-order valence-corrected chi connectivity index (χ1v) is 8.72. The lowest BCUT2D eigenvalue weighted by Crippen LogP contribution is -2.51. The minimum Gasteiger partial charge on any atom is -0.362 e. The Kier molecular flexibility index (Phi) is 4.08. The third-order valence-corrected chi connectivity index (χ3v) is 6.02. The van der Waals surface area contributed by atoms with Gasteiger partial charge < -0.3 is 10.2 Å². The van der Waals surface area contributed by atoms with Crippen LogP contribution in [-0.2, 0) is 0 Å². The maximum absolute atomic E-state index is 5.05. The van der Waals surface area contributed by atoms with E-state index in [1.165, 1.54) is 43.7 Å². The molecule has 4 heteroatoms. The molecule has 3 rings (SSSR count). The molecule has 0 radical (unpaired) electrons. The predicted octanol–water partition coefficient (Wildman–Crippen LogP) is 2.86. The highest BCUT2D eigenvalue weighted by molar-refractivity contribution is 8.14. The van der Waals surface area contributed by atoms with Crippen molar-refractivity contribution >= 4 is 16.9 Å². The van der Waals surface area contributed by atoms with Crippen LogP contribution in [0.25, 0.3) is 0 Å². The van der Waals surface area contributed by atoms with Gasteiger partial charge >= 0.3 is 0 Å². The molecule has 3 nitrogen and oxygen atoms in total. The summed E-state index contributed by atoms with van der Waals surface area (Å²) in [5.74, 6) is 0. The van der Waals surface area contributed by atoms with E-state index in [1.54, 1.807) is 0 Å². The number of aliphatic imine (C=N–C) groups is 1. The number of fused-ring (bicyclic) bond motifs is 2. The SMILES string of the molecule is CC1CC(C)SC(=NC2CC3CCCC(C2)N3C)N1. The largest absolute Gasteiger partial charge is 0.362 e. The normalized spacial score (nSPS) is 46.1. The van der Waals surface area contributed by atoms with E-state index >= 15 is 0 Å². The quantitative estimate of drug-likeness (QED) is 0.801. The molecule has 1 N–H and O–H groups in total. The van der Waals surface area contributed by atoms with Crippen molar-refractivity contribution in [2.75, 3.05) is 7.05 Å². The molecule has 0 aliphatic carbocycles. The van der Waals surface area contributed by atoms with Crippen molar-refractivity contribution in [3.63, 3.8) is 0 Å². The molecule has 0 aromatic rings. The molecule has 3 saturated heterocycles. The van der Waals surface area contributed by atoms with Gasteiger partial charge in [-0.25, -0.2) is 0 Å². The fourth-order valence-corrected chi connectivity index (χ4v) is 5.21. The number of nitrogens with zero attached hydrogens (tertiary/aromatic N) is 2. The Balaban J connectivity index is 1.66. The first kappa shape index (κ1) is 13.7. The Morgan fingerprint density at radius 1 is 1.16 bits per heavy atom. The highest BCUT2D eigenvalue weighted by atomic mass is 32.2. The van der Waals surface area contributed by atoms with Gasteiger partial charge in [0.05, 0.1) is 6.04 Å². The lowest BCUT2D eigenvalue weighted by molar-refractivity contribution is 0.0574. The predicted molar refractivity (Wildman–Crippen MR) is 83.9 cm³/mol. The molecule has 108 valence electrons. The zero-order chi connectivity index (χ0) is 13.4. The van der Waals surface area contributed by atoms with Crippen LogP contribution in [0.3, 0.4) is 0 Å². The second kappa shape index (κ2) is 5.65. The summed E-state index contributed by atoms with van der Waals surface area (Å²) < 4.78 is 0. The topological polar surface area (TPSA) is 27.6 Å². The van der Waals surface area contributed by atoms with E-state index in [0.717, 1.165) is 12.1 Å². The van der Waals surface area contributed by atoms with Crippen LogP contribution < -0.4 is 5.32 Å². The van der Waals surface area contributed by atoms with Crippen molar-refractivity contribution in [3.8, 4) is 0 Å². The van der Waals surface area contributed by atoms with Gasteiger partial charge in [-0.1, -0.05) is 25.1 Å². The van der Waals surface area contributed by atoms with E-state index in [4.69, 9.17) is 4.99 Å². The summed E-state index contributed by atoms with van der Waals surface area (Å²) in [6.07, 6.45) is 7.96. The van der Waals surface area contributed by atoms with Crippen LogP contribution in [0.2, 0.25) is 0 Å². The molecular weight excluding hydrogens is 254 g/mol. The van der Waals surface area contributed by atoms with E-state index in [1.807, 2.05) is 11.8 Å². The van der Waals surface area contributed by atoms with Crippen molar-refractivity contribution in [1.82, 2.24) is 10.2 Å². The van der Waals surface area contributed by atoms with E-state index < -0.39 is 0 Å². The van der Waals surface area contributed by atoms with Gasteiger partial charge in [-0.05, 0) is 46.1 Å². The van der Waals surface area contributed by atoms with Gasteiger partial charge in [-0.2, -0.15) is 0 Å². The van der Waals surface area contributed by atoms with Crippen LogP contribution in [0.4, 0.5) is 0 Å². The number of amidine groups is 1. The van der Waals surface area contributed by atoms with Gasteiger partial charge in [0.1, 0.15) is 0 Å². The van der Waals surface area contributed by atoms with Crippen LogP contribution >= 0.6 is 11.8 Å². The molecule has 0 aromatic carbocycles. The lowest BCUT2D eigenvalue weighted by atomic mass is 9.82. The average molecular weight is 281 g/mol.